The molecule has 0 bridgehead atoms. The number of anilines is 1. The van der Waals surface area contributed by atoms with Crippen LogP contribution in [0.5, 0.6) is 0 Å². The Morgan fingerprint density at radius 1 is 1.15 bits per heavy atom. The normalized spacial score (nSPS) is 12.5. The van der Waals surface area contributed by atoms with Crippen molar-refractivity contribution in [1.82, 2.24) is 0 Å². The minimum atomic E-state index is -4.42. The zero-order valence-corrected chi connectivity index (χ0v) is 14.4. The average Bonchev–Trinajstić information content (AvgIpc) is 2.54. The fourth-order valence-corrected chi connectivity index (χ4v) is 2.51. The third-order valence-corrected chi connectivity index (χ3v) is 3.98. The highest BCUT2D eigenvalue weighted by molar-refractivity contribution is 6.31. The summed E-state index contributed by atoms with van der Waals surface area (Å²) in [6, 6.07) is 8.54. The van der Waals surface area contributed by atoms with E-state index in [9.17, 15) is 22.8 Å². The van der Waals surface area contributed by atoms with Gasteiger partial charge in [0.1, 0.15) is 0 Å². The first-order valence-corrected chi connectivity index (χ1v) is 7.95. The van der Waals surface area contributed by atoms with Gasteiger partial charge in [-0.15, -0.1) is 0 Å². The van der Waals surface area contributed by atoms with Crippen LogP contribution in [0.4, 0.5) is 18.9 Å². The summed E-state index contributed by atoms with van der Waals surface area (Å²) in [7, 11) is 0. The molecule has 0 radical (unpaired) electrons. The lowest BCUT2D eigenvalue weighted by atomic mass is 9.99. The number of alkyl halides is 3. The number of carbonyl (C=O) groups excluding carboxylic acids is 1. The van der Waals surface area contributed by atoms with Crippen molar-refractivity contribution in [2.75, 3.05) is 5.32 Å². The third-order valence-electron chi connectivity index (χ3n) is 3.74. The van der Waals surface area contributed by atoms with Crippen LogP contribution in [0.15, 0.2) is 42.5 Å². The number of carboxylic acid groups (broad SMARTS) is 1. The van der Waals surface area contributed by atoms with Crippen LogP contribution in [0.1, 0.15) is 28.4 Å². The molecule has 2 aromatic carbocycles. The number of carboxylic acids is 1. The van der Waals surface area contributed by atoms with E-state index >= 15 is 0 Å². The van der Waals surface area contributed by atoms with E-state index in [4.69, 9.17) is 16.7 Å². The van der Waals surface area contributed by atoms with Crippen LogP contribution in [0.2, 0.25) is 5.02 Å². The molecule has 2 rings (SSSR count). The molecule has 0 aliphatic heterocycles. The Morgan fingerprint density at radius 2 is 1.77 bits per heavy atom. The molecule has 8 heteroatoms. The van der Waals surface area contributed by atoms with Crippen LogP contribution in [0, 0.1) is 5.92 Å². The van der Waals surface area contributed by atoms with E-state index < -0.39 is 29.5 Å². The molecule has 1 atom stereocenters. The van der Waals surface area contributed by atoms with Crippen LogP contribution in [0.3, 0.4) is 0 Å². The van der Waals surface area contributed by atoms with Gasteiger partial charge in [-0.1, -0.05) is 30.7 Å². The lowest BCUT2D eigenvalue weighted by Gasteiger charge is -2.14. The minimum Gasteiger partial charge on any atom is -0.478 e. The maximum absolute atomic E-state index is 12.6. The van der Waals surface area contributed by atoms with Gasteiger partial charge in [0, 0.05) is 10.9 Å². The number of hydrogen-bond acceptors (Lipinski definition) is 2. The van der Waals surface area contributed by atoms with Crippen LogP contribution in [0.25, 0.3) is 0 Å². The standard InChI is InChI=1S/C18H15ClF3NO3/c1-10(8-11-2-4-12(5-3-11)18(20,21)22)16(24)23-15-9-13(19)6-7-14(15)17(25)26/h2-7,9-10H,8H2,1H3,(H,23,24)(H,25,26). The zero-order valence-electron chi connectivity index (χ0n) is 13.6. The number of rotatable bonds is 5. The lowest BCUT2D eigenvalue weighted by molar-refractivity contribution is -0.137. The maximum Gasteiger partial charge on any atom is 0.416 e. The number of carbonyl (C=O) groups is 2. The first-order chi connectivity index (χ1) is 12.1. The minimum absolute atomic E-state index is 0.0641. The smallest absolute Gasteiger partial charge is 0.416 e. The van der Waals surface area contributed by atoms with Crippen molar-refractivity contribution in [1.29, 1.82) is 0 Å². The second-order valence-corrected chi connectivity index (χ2v) is 6.22. The van der Waals surface area contributed by atoms with E-state index in [0.29, 0.717) is 5.56 Å². The van der Waals surface area contributed by atoms with Gasteiger partial charge in [0.15, 0.2) is 0 Å². The molecule has 2 N–H and O–H groups in total. The molecule has 0 fully saturated rings. The quantitative estimate of drug-likeness (QED) is 0.771. The number of halogens is 4. The van der Waals surface area contributed by atoms with Gasteiger partial charge < -0.3 is 10.4 Å². The summed E-state index contributed by atoms with van der Waals surface area (Å²) in [5.74, 6) is -2.27. The van der Waals surface area contributed by atoms with Crippen molar-refractivity contribution in [3.8, 4) is 0 Å². The molecule has 2 aromatic rings. The number of hydrogen-bond donors (Lipinski definition) is 2. The number of amides is 1. The van der Waals surface area contributed by atoms with E-state index in [-0.39, 0.29) is 22.7 Å². The van der Waals surface area contributed by atoms with E-state index in [1.807, 2.05) is 0 Å². The van der Waals surface area contributed by atoms with E-state index in [0.717, 1.165) is 12.1 Å². The second kappa shape index (κ2) is 7.78. The number of aromatic carboxylic acids is 1. The van der Waals surface area contributed by atoms with Gasteiger partial charge in [-0.3, -0.25) is 4.79 Å². The van der Waals surface area contributed by atoms with Crippen LogP contribution >= 0.6 is 11.6 Å². The van der Waals surface area contributed by atoms with Crippen molar-refractivity contribution in [2.24, 2.45) is 5.92 Å². The van der Waals surface area contributed by atoms with Gasteiger partial charge in [-0.2, -0.15) is 13.2 Å². The van der Waals surface area contributed by atoms with Crippen molar-refractivity contribution >= 4 is 29.2 Å². The Kier molecular flexibility index (Phi) is 5.92. The highest BCUT2D eigenvalue weighted by atomic mass is 35.5. The van der Waals surface area contributed by atoms with Crippen molar-refractivity contribution in [3.05, 3.63) is 64.2 Å². The van der Waals surface area contributed by atoms with Crippen molar-refractivity contribution < 1.29 is 27.9 Å². The maximum atomic E-state index is 12.6. The molecule has 1 unspecified atom stereocenters. The van der Waals surface area contributed by atoms with Crippen molar-refractivity contribution in [2.45, 2.75) is 19.5 Å². The molecule has 4 nitrogen and oxygen atoms in total. The molecule has 0 saturated heterocycles. The predicted octanol–water partition coefficient (Wildman–Crippen LogP) is 4.87. The molecule has 0 heterocycles. The summed E-state index contributed by atoms with van der Waals surface area (Å²) in [4.78, 5) is 23.5. The summed E-state index contributed by atoms with van der Waals surface area (Å²) in [5, 5.41) is 11.9. The van der Waals surface area contributed by atoms with Crippen molar-refractivity contribution in [3.63, 3.8) is 0 Å². The monoisotopic (exact) mass is 385 g/mol. The largest absolute Gasteiger partial charge is 0.478 e. The Morgan fingerprint density at radius 3 is 2.31 bits per heavy atom. The molecule has 0 saturated carbocycles. The highest BCUT2D eigenvalue weighted by Crippen LogP contribution is 2.29. The van der Waals surface area contributed by atoms with Crippen LogP contribution in [-0.4, -0.2) is 17.0 Å². The second-order valence-electron chi connectivity index (χ2n) is 5.78. The Bertz CT molecular complexity index is 819. The fraction of sp³-hybridized carbons (Fsp3) is 0.222. The van der Waals surface area contributed by atoms with E-state index in [2.05, 4.69) is 5.32 Å². The molecule has 138 valence electrons. The molecule has 0 spiro atoms. The Labute approximate surface area is 152 Å². The molecule has 0 aliphatic rings. The lowest BCUT2D eigenvalue weighted by Crippen LogP contribution is -2.23. The number of benzene rings is 2. The summed E-state index contributed by atoms with van der Waals surface area (Å²) < 4.78 is 37.7. The van der Waals surface area contributed by atoms with Crippen LogP contribution < -0.4 is 5.32 Å². The first-order valence-electron chi connectivity index (χ1n) is 7.58. The topological polar surface area (TPSA) is 66.4 Å². The average molecular weight is 386 g/mol. The van der Waals surface area contributed by atoms with Gasteiger partial charge >= 0.3 is 12.1 Å². The van der Waals surface area contributed by atoms with Gasteiger partial charge in [0.2, 0.25) is 5.91 Å². The van der Waals surface area contributed by atoms with E-state index in [1.54, 1.807) is 6.92 Å². The van der Waals surface area contributed by atoms with Gasteiger partial charge in [0.05, 0.1) is 16.8 Å². The summed E-state index contributed by atoms with van der Waals surface area (Å²) >= 11 is 5.83. The number of nitrogens with one attached hydrogen (secondary N) is 1. The third kappa shape index (κ3) is 4.98. The predicted molar refractivity (Wildman–Crippen MR) is 91.4 cm³/mol. The molecular formula is C18H15ClF3NO3. The summed E-state index contributed by atoms with van der Waals surface area (Å²) in [5.41, 5.74) is -0.243. The zero-order chi connectivity index (χ0) is 19.5. The summed E-state index contributed by atoms with van der Waals surface area (Å²) in [6.45, 7) is 1.60. The van der Waals surface area contributed by atoms with Gasteiger partial charge in [-0.25, -0.2) is 4.79 Å². The molecule has 1 amide bonds. The summed E-state index contributed by atoms with van der Waals surface area (Å²) in [6.07, 6.45) is -4.21. The fourth-order valence-electron chi connectivity index (χ4n) is 2.34. The SMILES string of the molecule is CC(Cc1ccc(C(F)(F)F)cc1)C(=O)Nc1cc(Cl)ccc1C(=O)O. The molecule has 26 heavy (non-hydrogen) atoms. The highest BCUT2D eigenvalue weighted by Gasteiger charge is 2.30. The van der Waals surface area contributed by atoms with E-state index in [1.165, 1.54) is 30.3 Å². The van der Waals surface area contributed by atoms with Crippen LogP contribution in [-0.2, 0) is 17.4 Å². The van der Waals surface area contributed by atoms with Gasteiger partial charge in [0.25, 0.3) is 0 Å². The van der Waals surface area contributed by atoms with Gasteiger partial charge in [-0.05, 0) is 42.3 Å². The molecular weight excluding hydrogens is 371 g/mol. The Balaban J connectivity index is 2.09. The molecule has 0 aromatic heterocycles. The Hall–Kier alpha value is -2.54. The first kappa shape index (κ1) is 19.8. The molecule has 0 aliphatic carbocycles.